The molecule has 0 aliphatic carbocycles. The quantitative estimate of drug-likeness (QED) is 0.293. The van der Waals surface area contributed by atoms with Crippen LogP contribution in [0.2, 0.25) is 0 Å². The smallest absolute Gasteiger partial charge is 0.221 e. The first-order chi connectivity index (χ1) is 1.41. The topological polar surface area (TPSA) is 49.7 Å². The SMILES string of the molecule is OOO.[Sn+2]. The molecular weight excluding hydrogens is 167 g/mol. The van der Waals surface area contributed by atoms with Crippen LogP contribution in [-0.2, 0) is 5.04 Å². The molecule has 0 unspecified atom stereocenters. The van der Waals surface area contributed by atoms with Gasteiger partial charge in [0, 0.05) is 0 Å². The van der Waals surface area contributed by atoms with Crippen molar-refractivity contribution in [3.63, 3.8) is 0 Å². The molecule has 0 aliphatic rings. The Labute approximate surface area is 40.0 Å². The Morgan fingerprint density at radius 2 is 1.25 bits per heavy atom. The monoisotopic (exact) mass is 170 g/mol. The van der Waals surface area contributed by atoms with Crippen LogP contribution in [0.15, 0.2) is 0 Å². The van der Waals surface area contributed by atoms with Gasteiger partial charge in [0.05, 0.1) is 0 Å². The van der Waals surface area contributed by atoms with Gasteiger partial charge in [-0.15, -0.1) is 0 Å². The van der Waals surface area contributed by atoms with Crippen molar-refractivity contribution in [2.75, 3.05) is 0 Å². The number of hydrogen-bond acceptors (Lipinski definition) is 3. The molecule has 22 valence electrons. The van der Waals surface area contributed by atoms with E-state index in [1.807, 2.05) is 0 Å². The van der Waals surface area contributed by atoms with Crippen molar-refractivity contribution < 1.29 is 15.6 Å². The predicted molar refractivity (Wildman–Crippen MR) is 12.1 cm³/mol. The minimum atomic E-state index is 0. The van der Waals surface area contributed by atoms with Crippen LogP contribution < -0.4 is 0 Å². The molecule has 0 aromatic carbocycles. The summed E-state index contributed by atoms with van der Waals surface area (Å²) in [5.74, 6) is 0. The van der Waals surface area contributed by atoms with Crippen molar-refractivity contribution in [2.24, 2.45) is 0 Å². The normalized spacial score (nSPS) is 4.50. The third-order valence-electron chi connectivity index (χ3n) is 0. The summed E-state index contributed by atoms with van der Waals surface area (Å²) in [5.41, 5.74) is 0. The zero-order valence-corrected chi connectivity index (χ0v) is 4.66. The Kier molecular flexibility index (Phi) is 20.7. The van der Waals surface area contributed by atoms with Gasteiger partial charge in [0.1, 0.15) is 0 Å². The van der Waals surface area contributed by atoms with Gasteiger partial charge >= 0.3 is 23.9 Å². The molecule has 2 radical (unpaired) electrons. The Morgan fingerprint density at radius 3 is 1.25 bits per heavy atom. The third-order valence-corrected chi connectivity index (χ3v) is 0. The molecule has 0 rings (SSSR count). The van der Waals surface area contributed by atoms with Crippen LogP contribution in [0.3, 0.4) is 0 Å². The molecule has 0 bridgehead atoms. The maximum atomic E-state index is 6.62. The number of rotatable bonds is 0. The molecule has 0 saturated carbocycles. The van der Waals surface area contributed by atoms with Gasteiger partial charge in [-0.25, -0.2) is 10.5 Å². The van der Waals surface area contributed by atoms with E-state index in [1.165, 1.54) is 0 Å². The third kappa shape index (κ3) is 16.4. The maximum absolute atomic E-state index is 6.62. The van der Waals surface area contributed by atoms with Gasteiger partial charge in [-0.1, -0.05) is 5.04 Å². The molecule has 0 heterocycles. The van der Waals surface area contributed by atoms with E-state index in [2.05, 4.69) is 5.04 Å². The van der Waals surface area contributed by atoms with E-state index in [0.29, 0.717) is 0 Å². The average Bonchev–Trinajstić information content (AvgIpc) is 0.918. The van der Waals surface area contributed by atoms with Crippen molar-refractivity contribution in [1.82, 2.24) is 0 Å². The molecule has 4 heteroatoms. The van der Waals surface area contributed by atoms with E-state index in [4.69, 9.17) is 10.5 Å². The summed E-state index contributed by atoms with van der Waals surface area (Å²) < 4.78 is 0. The summed E-state index contributed by atoms with van der Waals surface area (Å²) in [4.78, 5) is 0. The molecular formula is H2O3Sn+2. The fourth-order valence-corrected chi connectivity index (χ4v) is 0. The van der Waals surface area contributed by atoms with Crippen LogP contribution in [0.4, 0.5) is 0 Å². The molecule has 0 atom stereocenters. The Hall–Kier alpha value is 0.679. The van der Waals surface area contributed by atoms with E-state index in [9.17, 15) is 0 Å². The van der Waals surface area contributed by atoms with E-state index >= 15 is 0 Å². The van der Waals surface area contributed by atoms with Crippen molar-refractivity contribution in [2.45, 2.75) is 0 Å². The fraction of sp³-hybridized carbons (Fsp3) is 0. The largest absolute Gasteiger partial charge is 2.00 e. The minimum absolute atomic E-state index is 0. The van der Waals surface area contributed by atoms with Crippen molar-refractivity contribution in [1.29, 1.82) is 0 Å². The summed E-state index contributed by atoms with van der Waals surface area (Å²) in [6.45, 7) is 0. The van der Waals surface area contributed by atoms with Crippen LogP contribution in [0, 0.1) is 0 Å². The fourth-order valence-electron chi connectivity index (χ4n) is 0. The molecule has 0 fully saturated rings. The van der Waals surface area contributed by atoms with E-state index in [1.54, 1.807) is 0 Å². The van der Waals surface area contributed by atoms with Gasteiger partial charge < -0.3 is 0 Å². The van der Waals surface area contributed by atoms with Gasteiger partial charge in [0.2, 0.25) is 0 Å². The summed E-state index contributed by atoms with van der Waals surface area (Å²) in [6, 6.07) is 0. The average molecular weight is 169 g/mol. The van der Waals surface area contributed by atoms with Crippen LogP contribution in [0.1, 0.15) is 0 Å². The van der Waals surface area contributed by atoms with Gasteiger partial charge in [0.15, 0.2) is 0 Å². The molecule has 0 aromatic rings. The summed E-state index contributed by atoms with van der Waals surface area (Å²) in [6.07, 6.45) is 0. The second-order valence-electron chi connectivity index (χ2n) is 0.0816. The second-order valence-corrected chi connectivity index (χ2v) is 0.0816. The second kappa shape index (κ2) is 9.37. The van der Waals surface area contributed by atoms with Crippen molar-refractivity contribution >= 4 is 23.9 Å². The van der Waals surface area contributed by atoms with Crippen LogP contribution >= 0.6 is 0 Å². The van der Waals surface area contributed by atoms with E-state index < -0.39 is 0 Å². The summed E-state index contributed by atoms with van der Waals surface area (Å²) >= 11 is 0. The van der Waals surface area contributed by atoms with Crippen LogP contribution in [0.5, 0.6) is 0 Å². The molecule has 2 N–H and O–H groups in total. The molecule has 0 saturated heterocycles. The molecule has 0 aliphatic heterocycles. The van der Waals surface area contributed by atoms with Crippen LogP contribution in [0.25, 0.3) is 0 Å². The predicted octanol–water partition coefficient (Wildman–Crippen LogP) is -0.432. The standard InChI is InChI=1S/H2O3.Sn/c1-3-2;/h1-2H;/q;+2. The first-order valence-electron chi connectivity index (χ1n) is 0.365. The number of hydrogen-bond donors (Lipinski definition) is 2. The van der Waals surface area contributed by atoms with Gasteiger partial charge in [0.25, 0.3) is 0 Å². The van der Waals surface area contributed by atoms with Gasteiger partial charge in [-0.3, -0.25) is 0 Å². The van der Waals surface area contributed by atoms with E-state index in [0.717, 1.165) is 0 Å². The zero-order chi connectivity index (χ0) is 2.71. The van der Waals surface area contributed by atoms with Crippen molar-refractivity contribution in [3.05, 3.63) is 0 Å². The van der Waals surface area contributed by atoms with Crippen molar-refractivity contribution in [3.8, 4) is 0 Å². The molecule has 3 nitrogen and oxygen atoms in total. The summed E-state index contributed by atoms with van der Waals surface area (Å²) in [7, 11) is 0. The van der Waals surface area contributed by atoms with Crippen LogP contribution in [-0.4, -0.2) is 34.4 Å². The molecule has 4 heavy (non-hydrogen) atoms. The zero-order valence-electron chi connectivity index (χ0n) is 1.80. The Balaban J connectivity index is 0. The van der Waals surface area contributed by atoms with E-state index in [-0.39, 0.29) is 23.9 Å². The maximum Gasteiger partial charge on any atom is 2.00 e. The van der Waals surface area contributed by atoms with Gasteiger partial charge in [-0.2, -0.15) is 0 Å². The molecule has 0 amide bonds. The Morgan fingerprint density at radius 1 is 1.25 bits per heavy atom. The first-order valence-corrected chi connectivity index (χ1v) is 0.365. The van der Waals surface area contributed by atoms with Gasteiger partial charge in [-0.05, 0) is 0 Å². The first kappa shape index (κ1) is 8.82. The minimum Gasteiger partial charge on any atom is -0.221 e. The molecule has 0 aromatic heterocycles. The molecule has 0 spiro atoms. The Bertz CT molecular complexity index is 3.25. The summed E-state index contributed by atoms with van der Waals surface area (Å²) in [5, 5.41) is 15.5.